The van der Waals surface area contributed by atoms with Gasteiger partial charge in [0.1, 0.15) is 6.04 Å². The summed E-state index contributed by atoms with van der Waals surface area (Å²) in [5.74, 6) is -0.207. The van der Waals surface area contributed by atoms with Crippen LogP contribution in [0.5, 0.6) is 0 Å². The van der Waals surface area contributed by atoms with Crippen molar-refractivity contribution in [2.24, 2.45) is 7.05 Å². The molecule has 3 aromatic rings. The van der Waals surface area contributed by atoms with E-state index in [1.807, 2.05) is 30.5 Å². The van der Waals surface area contributed by atoms with Crippen molar-refractivity contribution in [3.63, 3.8) is 0 Å². The lowest BCUT2D eigenvalue weighted by Crippen LogP contribution is -2.55. The predicted octanol–water partition coefficient (Wildman–Crippen LogP) is 2.53. The Labute approximate surface area is 213 Å². The molecule has 1 aliphatic heterocycles. The average molecular weight is 539 g/mol. The number of fused-ring (bicyclic) bond motifs is 1. The summed E-state index contributed by atoms with van der Waals surface area (Å²) in [7, 11) is -2.48. The van der Waals surface area contributed by atoms with Crippen LogP contribution >= 0.6 is 23.4 Å². The number of hydrogen-bond donors (Lipinski definition) is 1. The highest BCUT2D eigenvalue weighted by molar-refractivity contribution is 7.98. The van der Waals surface area contributed by atoms with E-state index in [0.717, 1.165) is 5.69 Å². The van der Waals surface area contributed by atoms with E-state index in [4.69, 9.17) is 16.0 Å². The van der Waals surface area contributed by atoms with Crippen molar-refractivity contribution in [2.75, 3.05) is 43.1 Å². The van der Waals surface area contributed by atoms with Crippen LogP contribution < -0.4 is 15.4 Å². The molecule has 0 radical (unpaired) electrons. The maximum Gasteiger partial charge on any atom is 0.419 e. The van der Waals surface area contributed by atoms with Gasteiger partial charge < -0.3 is 14.2 Å². The molecule has 1 aromatic heterocycles. The van der Waals surface area contributed by atoms with Crippen molar-refractivity contribution in [1.29, 1.82) is 0 Å². The maximum absolute atomic E-state index is 13.4. The molecule has 12 heteroatoms. The Morgan fingerprint density at radius 3 is 2.60 bits per heavy atom. The number of anilines is 1. The molecule has 4 rings (SSSR count). The topological polar surface area (TPSA) is 105 Å². The molecule has 0 aliphatic carbocycles. The van der Waals surface area contributed by atoms with Crippen molar-refractivity contribution >= 4 is 56.1 Å². The van der Waals surface area contributed by atoms with E-state index in [2.05, 4.69) is 9.62 Å². The summed E-state index contributed by atoms with van der Waals surface area (Å²) in [4.78, 5) is 28.9. The number of nitrogens with zero attached hydrogens (tertiary/aromatic N) is 3. The van der Waals surface area contributed by atoms with Gasteiger partial charge in [0, 0.05) is 50.0 Å². The van der Waals surface area contributed by atoms with E-state index in [1.54, 1.807) is 23.7 Å². The number of aryl methyl sites for hydroxylation is 1. The largest absolute Gasteiger partial charge is 0.419 e. The Kier molecular flexibility index (Phi) is 7.80. The SMILES string of the molecule is CSCC[C@@H](NS(=O)(=O)c1ccc2c(c1)oc(=O)n2C)C(=O)N1CCN(c2cccc(Cl)c2)CC1. The highest BCUT2D eigenvalue weighted by atomic mass is 35.5. The minimum atomic E-state index is -4.03. The first kappa shape index (κ1) is 25.6. The average Bonchev–Trinajstić information content (AvgIpc) is 3.14. The number of benzene rings is 2. The third-order valence-corrected chi connectivity index (χ3v) is 8.39. The lowest BCUT2D eigenvalue weighted by atomic mass is 10.2. The van der Waals surface area contributed by atoms with Crippen LogP contribution in [0.25, 0.3) is 11.1 Å². The summed E-state index contributed by atoms with van der Waals surface area (Å²) in [5.41, 5.74) is 1.65. The van der Waals surface area contributed by atoms with Gasteiger partial charge in [0.15, 0.2) is 5.58 Å². The Balaban J connectivity index is 1.48. The fourth-order valence-electron chi connectivity index (χ4n) is 4.08. The summed E-state index contributed by atoms with van der Waals surface area (Å²) >= 11 is 7.65. The first-order valence-corrected chi connectivity index (χ1v) is 14.4. The van der Waals surface area contributed by atoms with Crippen molar-refractivity contribution in [1.82, 2.24) is 14.2 Å². The molecule has 1 amide bonds. The molecule has 2 aromatic carbocycles. The molecule has 1 atom stereocenters. The molecule has 0 bridgehead atoms. The number of piperazine rings is 1. The van der Waals surface area contributed by atoms with E-state index in [9.17, 15) is 18.0 Å². The summed E-state index contributed by atoms with van der Waals surface area (Å²) < 4.78 is 35.3. The lowest BCUT2D eigenvalue weighted by Gasteiger charge is -2.37. The molecule has 0 spiro atoms. The van der Waals surface area contributed by atoms with Crippen LogP contribution in [-0.4, -0.2) is 68.0 Å². The van der Waals surface area contributed by atoms with E-state index in [0.29, 0.717) is 48.9 Å². The Bertz CT molecular complexity index is 1380. The number of sulfonamides is 1. The van der Waals surface area contributed by atoms with Gasteiger partial charge in [0.05, 0.1) is 10.4 Å². The monoisotopic (exact) mass is 538 g/mol. The summed E-state index contributed by atoms with van der Waals surface area (Å²) in [5, 5.41) is 0.653. The van der Waals surface area contributed by atoms with Gasteiger partial charge in [-0.05, 0) is 48.8 Å². The number of hydrogen-bond acceptors (Lipinski definition) is 7. The van der Waals surface area contributed by atoms with Gasteiger partial charge in [-0.2, -0.15) is 16.5 Å². The second-order valence-electron chi connectivity index (χ2n) is 8.30. The number of nitrogens with one attached hydrogen (secondary N) is 1. The number of carbonyl (C=O) groups is 1. The highest BCUT2D eigenvalue weighted by Crippen LogP contribution is 2.22. The number of oxazole rings is 1. The molecule has 1 aliphatic rings. The highest BCUT2D eigenvalue weighted by Gasteiger charge is 2.31. The molecule has 1 saturated heterocycles. The lowest BCUT2D eigenvalue weighted by molar-refractivity contribution is -0.133. The minimum Gasteiger partial charge on any atom is -0.408 e. The third kappa shape index (κ3) is 5.69. The number of rotatable bonds is 8. The van der Waals surface area contributed by atoms with Crippen LogP contribution in [-0.2, 0) is 21.9 Å². The molecule has 9 nitrogen and oxygen atoms in total. The van der Waals surface area contributed by atoms with Gasteiger partial charge in [0.2, 0.25) is 15.9 Å². The number of thioether (sulfide) groups is 1. The first-order chi connectivity index (χ1) is 16.7. The van der Waals surface area contributed by atoms with Crippen molar-refractivity contribution in [3.8, 4) is 0 Å². The Morgan fingerprint density at radius 1 is 1.17 bits per heavy atom. The summed E-state index contributed by atoms with van der Waals surface area (Å²) in [6.45, 7) is 2.20. The van der Waals surface area contributed by atoms with Gasteiger partial charge in [-0.1, -0.05) is 17.7 Å². The number of halogens is 1. The third-order valence-electron chi connectivity index (χ3n) is 6.04. The summed E-state index contributed by atoms with van der Waals surface area (Å²) in [6, 6.07) is 10.9. The van der Waals surface area contributed by atoms with Crippen LogP contribution in [0.2, 0.25) is 5.02 Å². The zero-order chi connectivity index (χ0) is 25.2. The molecular formula is C23H27ClN4O5S2. The van der Waals surface area contributed by atoms with E-state index < -0.39 is 21.8 Å². The smallest absolute Gasteiger partial charge is 0.408 e. The van der Waals surface area contributed by atoms with Crippen LogP contribution in [0.15, 0.2) is 56.6 Å². The van der Waals surface area contributed by atoms with Gasteiger partial charge in [-0.3, -0.25) is 9.36 Å². The van der Waals surface area contributed by atoms with Crippen molar-refractivity contribution in [3.05, 3.63) is 58.0 Å². The second kappa shape index (κ2) is 10.7. The van der Waals surface area contributed by atoms with Gasteiger partial charge in [-0.15, -0.1) is 0 Å². The predicted molar refractivity (Wildman–Crippen MR) is 139 cm³/mol. The van der Waals surface area contributed by atoms with E-state index in [1.165, 1.54) is 22.8 Å². The Morgan fingerprint density at radius 2 is 1.91 bits per heavy atom. The van der Waals surface area contributed by atoms with Gasteiger partial charge in [0.25, 0.3) is 0 Å². The minimum absolute atomic E-state index is 0.0629. The van der Waals surface area contributed by atoms with E-state index >= 15 is 0 Å². The summed E-state index contributed by atoms with van der Waals surface area (Å²) in [6.07, 6.45) is 2.27. The number of aromatic nitrogens is 1. The van der Waals surface area contributed by atoms with Gasteiger partial charge in [-0.25, -0.2) is 13.2 Å². The zero-order valence-corrected chi connectivity index (χ0v) is 21.8. The molecule has 1 fully saturated rings. The number of carbonyl (C=O) groups excluding carboxylic acids is 1. The van der Waals surface area contributed by atoms with Crippen LogP contribution in [0.3, 0.4) is 0 Å². The molecule has 188 valence electrons. The molecule has 0 saturated carbocycles. The second-order valence-corrected chi connectivity index (χ2v) is 11.4. The molecule has 0 unspecified atom stereocenters. The standard InChI is InChI=1S/C23H27ClN4O5S2/c1-26-20-7-6-18(15-21(20)33-23(26)30)35(31,32)25-19(8-13-34-2)22(29)28-11-9-27(10-12-28)17-5-3-4-16(24)14-17/h3-7,14-15,19,25H,8-13H2,1-2H3/t19-/m1/s1. The number of amides is 1. The van der Waals surface area contributed by atoms with E-state index in [-0.39, 0.29) is 16.4 Å². The van der Waals surface area contributed by atoms with Gasteiger partial charge >= 0.3 is 5.76 Å². The quantitative estimate of drug-likeness (QED) is 0.470. The molecule has 1 N–H and O–H groups in total. The van der Waals surface area contributed by atoms with Crippen molar-refractivity contribution < 1.29 is 17.6 Å². The fraction of sp³-hybridized carbons (Fsp3) is 0.391. The molecular weight excluding hydrogens is 512 g/mol. The maximum atomic E-state index is 13.4. The van der Waals surface area contributed by atoms with Crippen LogP contribution in [0.1, 0.15) is 6.42 Å². The van der Waals surface area contributed by atoms with Crippen LogP contribution in [0.4, 0.5) is 5.69 Å². The molecule has 35 heavy (non-hydrogen) atoms. The van der Waals surface area contributed by atoms with Crippen molar-refractivity contribution in [2.45, 2.75) is 17.4 Å². The first-order valence-electron chi connectivity index (χ1n) is 11.1. The zero-order valence-electron chi connectivity index (χ0n) is 19.4. The Hall–Kier alpha value is -2.47. The normalized spacial score (nSPS) is 15.5. The fourth-order valence-corrected chi connectivity index (χ4v) is 5.98. The molecule has 2 heterocycles. The van der Waals surface area contributed by atoms with Crippen LogP contribution in [0, 0.1) is 0 Å².